The van der Waals surface area contributed by atoms with E-state index in [-0.39, 0.29) is 17.1 Å². The molecular formula is C10H19NO. The summed E-state index contributed by atoms with van der Waals surface area (Å²) < 4.78 is 0. The Balaban J connectivity index is 4.42. The molecule has 0 aliphatic rings. The zero-order chi connectivity index (χ0) is 9.94. The zero-order valence-electron chi connectivity index (χ0n) is 8.64. The average molecular weight is 169 g/mol. The highest BCUT2D eigenvalue weighted by Crippen LogP contribution is 2.26. The minimum absolute atomic E-state index is 0.0169. The second-order valence-electron chi connectivity index (χ2n) is 4.38. The van der Waals surface area contributed by atoms with E-state index in [0.29, 0.717) is 5.70 Å². The predicted octanol–water partition coefficient (Wildman–Crippen LogP) is 2.10. The van der Waals surface area contributed by atoms with Gasteiger partial charge in [0, 0.05) is 11.6 Å². The van der Waals surface area contributed by atoms with Crippen LogP contribution >= 0.6 is 0 Å². The molecule has 0 fully saturated rings. The maximum Gasteiger partial charge on any atom is 0.160 e. The highest BCUT2D eigenvalue weighted by atomic mass is 16.1. The van der Waals surface area contributed by atoms with Crippen molar-refractivity contribution in [2.45, 2.75) is 34.6 Å². The number of hydrogen-bond donors (Lipinski definition) is 1. The van der Waals surface area contributed by atoms with E-state index < -0.39 is 0 Å². The molecule has 0 amide bonds. The molecule has 0 saturated carbocycles. The van der Waals surface area contributed by atoms with Gasteiger partial charge in [0.25, 0.3) is 0 Å². The Morgan fingerprint density at radius 2 is 1.83 bits per heavy atom. The number of rotatable bonds is 2. The van der Waals surface area contributed by atoms with E-state index >= 15 is 0 Å². The molecule has 0 bridgehead atoms. The second kappa shape index (κ2) is 3.74. The molecule has 70 valence electrons. The number of ketones is 1. The first kappa shape index (κ1) is 11.2. The molecule has 0 saturated heterocycles. The van der Waals surface area contributed by atoms with Crippen LogP contribution in [0.5, 0.6) is 0 Å². The van der Waals surface area contributed by atoms with Crippen LogP contribution in [0, 0.1) is 11.3 Å². The standard InChI is InChI=1S/C10H19NO/c1-7(11)6-9(12)8(2)10(3,4)5/h6,8H,11H2,1-5H3/b7-6-. The first-order valence-electron chi connectivity index (χ1n) is 4.22. The van der Waals surface area contributed by atoms with Gasteiger partial charge in [0.1, 0.15) is 0 Å². The van der Waals surface area contributed by atoms with E-state index in [1.54, 1.807) is 6.92 Å². The molecule has 12 heavy (non-hydrogen) atoms. The molecule has 2 nitrogen and oxygen atoms in total. The number of allylic oxidation sites excluding steroid dienone is 2. The summed E-state index contributed by atoms with van der Waals surface area (Å²) in [6.07, 6.45) is 1.51. The van der Waals surface area contributed by atoms with Crippen molar-refractivity contribution < 1.29 is 4.79 Å². The summed E-state index contributed by atoms with van der Waals surface area (Å²) in [5.41, 5.74) is 6.01. The maximum absolute atomic E-state index is 11.4. The summed E-state index contributed by atoms with van der Waals surface area (Å²) in [5, 5.41) is 0. The lowest BCUT2D eigenvalue weighted by Gasteiger charge is -2.24. The summed E-state index contributed by atoms with van der Waals surface area (Å²) in [6.45, 7) is 9.81. The van der Waals surface area contributed by atoms with Gasteiger partial charge in [-0.25, -0.2) is 0 Å². The SMILES string of the molecule is C/C(N)=C/C(=O)C(C)C(C)(C)C. The quantitative estimate of drug-likeness (QED) is 0.643. The minimum atomic E-state index is 0.0169. The topological polar surface area (TPSA) is 43.1 Å². The predicted molar refractivity (Wildman–Crippen MR) is 51.6 cm³/mol. The minimum Gasteiger partial charge on any atom is -0.402 e. The van der Waals surface area contributed by atoms with Gasteiger partial charge in [-0.2, -0.15) is 0 Å². The summed E-state index contributed by atoms with van der Waals surface area (Å²) in [6, 6.07) is 0. The molecule has 0 heterocycles. The first-order chi connectivity index (χ1) is 5.25. The normalized spacial score (nSPS) is 15.9. The van der Waals surface area contributed by atoms with Crippen molar-refractivity contribution in [1.82, 2.24) is 0 Å². The zero-order valence-corrected chi connectivity index (χ0v) is 8.64. The Bertz CT molecular complexity index is 194. The highest BCUT2D eigenvalue weighted by molar-refractivity contribution is 5.92. The molecule has 1 unspecified atom stereocenters. The Labute approximate surface area is 74.8 Å². The Kier molecular flexibility index (Phi) is 3.50. The van der Waals surface area contributed by atoms with Gasteiger partial charge in [0.15, 0.2) is 5.78 Å². The number of carbonyl (C=O) groups is 1. The molecule has 0 aromatic carbocycles. The lowest BCUT2D eigenvalue weighted by Crippen LogP contribution is -2.24. The molecule has 0 rings (SSSR count). The fraction of sp³-hybridized carbons (Fsp3) is 0.700. The molecule has 1 atom stereocenters. The molecule has 0 aliphatic carbocycles. The van der Waals surface area contributed by atoms with Crippen LogP contribution in [-0.4, -0.2) is 5.78 Å². The van der Waals surface area contributed by atoms with Crippen LogP contribution in [0.25, 0.3) is 0 Å². The first-order valence-corrected chi connectivity index (χ1v) is 4.22. The van der Waals surface area contributed by atoms with Crippen LogP contribution in [0.4, 0.5) is 0 Å². The number of nitrogens with two attached hydrogens (primary N) is 1. The molecule has 2 heteroatoms. The van der Waals surface area contributed by atoms with Gasteiger partial charge in [0.05, 0.1) is 0 Å². The molecular weight excluding hydrogens is 150 g/mol. The van der Waals surface area contributed by atoms with E-state index in [1.165, 1.54) is 6.08 Å². The molecule has 0 radical (unpaired) electrons. The maximum atomic E-state index is 11.4. The van der Waals surface area contributed by atoms with Gasteiger partial charge in [-0.15, -0.1) is 0 Å². The van der Waals surface area contributed by atoms with Gasteiger partial charge in [-0.05, 0) is 18.4 Å². The molecule has 0 aliphatic heterocycles. The fourth-order valence-corrected chi connectivity index (χ4v) is 0.776. The number of carbonyl (C=O) groups excluding carboxylic acids is 1. The fourth-order valence-electron chi connectivity index (χ4n) is 0.776. The lowest BCUT2D eigenvalue weighted by atomic mass is 9.79. The molecule has 0 aromatic rings. The van der Waals surface area contributed by atoms with E-state index in [2.05, 4.69) is 20.8 Å². The number of hydrogen-bond acceptors (Lipinski definition) is 2. The van der Waals surface area contributed by atoms with E-state index in [0.717, 1.165) is 0 Å². The van der Waals surface area contributed by atoms with Crippen LogP contribution in [0.2, 0.25) is 0 Å². The molecule has 0 aromatic heterocycles. The summed E-state index contributed by atoms with van der Waals surface area (Å²) in [7, 11) is 0. The van der Waals surface area contributed by atoms with Crippen molar-refractivity contribution in [3.05, 3.63) is 11.8 Å². The van der Waals surface area contributed by atoms with Gasteiger partial charge in [-0.1, -0.05) is 27.7 Å². The third-order valence-electron chi connectivity index (χ3n) is 2.10. The highest BCUT2D eigenvalue weighted by Gasteiger charge is 2.24. The van der Waals surface area contributed by atoms with Crippen molar-refractivity contribution in [1.29, 1.82) is 0 Å². The summed E-state index contributed by atoms with van der Waals surface area (Å²) in [5.74, 6) is 0.137. The summed E-state index contributed by atoms with van der Waals surface area (Å²) >= 11 is 0. The van der Waals surface area contributed by atoms with Crippen LogP contribution in [0.3, 0.4) is 0 Å². The van der Waals surface area contributed by atoms with Crippen LogP contribution in [0.1, 0.15) is 34.6 Å². The second-order valence-corrected chi connectivity index (χ2v) is 4.38. The monoisotopic (exact) mass is 169 g/mol. The van der Waals surface area contributed by atoms with Gasteiger partial charge in [-0.3, -0.25) is 4.79 Å². The van der Waals surface area contributed by atoms with E-state index in [4.69, 9.17) is 5.73 Å². The van der Waals surface area contributed by atoms with Crippen molar-refractivity contribution >= 4 is 5.78 Å². The Morgan fingerprint density at radius 3 is 2.08 bits per heavy atom. The van der Waals surface area contributed by atoms with Crippen molar-refractivity contribution in [3.63, 3.8) is 0 Å². The van der Waals surface area contributed by atoms with Gasteiger partial charge < -0.3 is 5.73 Å². The van der Waals surface area contributed by atoms with Crippen molar-refractivity contribution in [2.75, 3.05) is 0 Å². The van der Waals surface area contributed by atoms with Crippen LogP contribution in [0.15, 0.2) is 11.8 Å². The Morgan fingerprint density at radius 1 is 1.42 bits per heavy atom. The summed E-state index contributed by atoms with van der Waals surface area (Å²) in [4.78, 5) is 11.4. The third kappa shape index (κ3) is 3.56. The molecule has 2 N–H and O–H groups in total. The van der Waals surface area contributed by atoms with Gasteiger partial charge in [0.2, 0.25) is 0 Å². The van der Waals surface area contributed by atoms with Crippen LogP contribution in [-0.2, 0) is 4.79 Å². The third-order valence-corrected chi connectivity index (χ3v) is 2.10. The van der Waals surface area contributed by atoms with E-state index in [9.17, 15) is 4.79 Å². The van der Waals surface area contributed by atoms with E-state index in [1.807, 2.05) is 6.92 Å². The van der Waals surface area contributed by atoms with Gasteiger partial charge >= 0.3 is 0 Å². The molecule has 0 spiro atoms. The van der Waals surface area contributed by atoms with Crippen LogP contribution < -0.4 is 5.73 Å². The van der Waals surface area contributed by atoms with Crippen molar-refractivity contribution in [3.8, 4) is 0 Å². The smallest absolute Gasteiger partial charge is 0.160 e. The largest absolute Gasteiger partial charge is 0.402 e. The van der Waals surface area contributed by atoms with Crippen molar-refractivity contribution in [2.24, 2.45) is 17.1 Å². The average Bonchev–Trinajstić information content (AvgIpc) is 1.82. The lowest BCUT2D eigenvalue weighted by molar-refractivity contribution is -0.120. The Hall–Kier alpha value is -0.790.